The van der Waals surface area contributed by atoms with Crippen LogP contribution in [0.2, 0.25) is 0 Å². The Morgan fingerprint density at radius 3 is 2.58 bits per heavy atom. The molecule has 0 atom stereocenters. The van der Waals surface area contributed by atoms with Crippen molar-refractivity contribution in [2.45, 2.75) is 46.1 Å². The lowest BCUT2D eigenvalue weighted by atomic mass is 9.87. The van der Waals surface area contributed by atoms with E-state index in [-0.39, 0.29) is 5.54 Å². The van der Waals surface area contributed by atoms with E-state index >= 15 is 0 Å². The molecule has 2 heterocycles. The van der Waals surface area contributed by atoms with Crippen LogP contribution < -0.4 is 5.32 Å². The van der Waals surface area contributed by atoms with Gasteiger partial charge in [0.15, 0.2) is 0 Å². The molecule has 1 aromatic heterocycles. The predicted octanol–water partition coefficient (Wildman–Crippen LogP) is 3.01. The fourth-order valence-electron chi connectivity index (χ4n) is 3.01. The highest BCUT2D eigenvalue weighted by atomic mass is 32.1. The molecule has 1 saturated heterocycles. The Labute approximate surface area is 121 Å². The number of nitrogens with zero attached hydrogens (tertiary/aromatic N) is 2. The van der Waals surface area contributed by atoms with Crippen LogP contribution >= 0.6 is 11.3 Å². The van der Waals surface area contributed by atoms with Crippen molar-refractivity contribution in [2.75, 3.05) is 26.2 Å². The van der Waals surface area contributed by atoms with E-state index in [1.54, 1.807) is 0 Å². The molecule has 0 bridgehead atoms. The zero-order valence-electron chi connectivity index (χ0n) is 12.7. The Balaban J connectivity index is 2.07. The minimum Gasteiger partial charge on any atom is -0.306 e. The van der Waals surface area contributed by atoms with Gasteiger partial charge >= 0.3 is 0 Å². The molecule has 0 aromatic carbocycles. The zero-order chi connectivity index (χ0) is 13.9. The summed E-state index contributed by atoms with van der Waals surface area (Å²) >= 11 is 1.82. The quantitative estimate of drug-likeness (QED) is 0.899. The highest BCUT2D eigenvalue weighted by Crippen LogP contribution is 2.35. The van der Waals surface area contributed by atoms with Gasteiger partial charge in [0, 0.05) is 30.7 Å². The minimum atomic E-state index is 0.126. The first kappa shape index (κ1) is 14.9. The van der Waals surface area contributed by atoms with Crippen LogP contribution in [0.4, 0.5) is 0 Å². The van der Waals surface area contributed by atoms with Gasteiger partial charge in [-0.25, -0.2) is 4.98 Å². The van der Waals surface area contributed by atoms with Crippen molar-refractivity contribution in [2.24, 2.45) is 5.92 Å². The first-order valence-corrected chi connectivity index (χ1v) is 8.33. The SMILES string of the molecule is CCNC1(c2nc(C)cs2)CCN(CC(C)C)CC1. The first-order chi connectivity index (χ1) is 9.05. The second-order valence-corrected chi connectivity index (χ2v) is 6.96. The number of rotatable bonds is 5. The summed E-state index contributed by atoms with van der Waals surface area (Å²) in [5, 5.41) is 7.19. The average Bonchev–Trinajstić information content (AvgIpc) is 2.79. The minimum absolute atomic E-state index is 0.126. The van der Waals surface area contributed by atoms with Gasteiger partial charge in [0.25, 0.3) is 0 Å². The fraction of sp³-hybridized carbons (Fsp3) is 0.800. The van der Waals surface area contributed by atoms with Gasteiger partial charge in [-0.1, -0.05) is 20.8 Å². The summed E-state index contributed by atoms with van der Waals surface area (Å²) in [5.74, 6) is 0.758. The molecule has 0 saturated carbocycles. The van der Waals surface area contributed by atoms with E-state index in [4.69, 9.17) is 4.98 Å². The molecule has 108 valence electrons. The molecule has 0 unspecified atom stereocenters. The molecule has 1 aliphatic heterocycles. The molecule has 1 aliphatic rings. The highest BCUT2D eigenvalue weighted by Gasteiger charge is 2.37. The maximum atomic E-state index is 4.75. The van der Waals surface area contributed by atoms with Crippen LogP contribution in [0.1, 0.15) is 44.3 Å². The number of hydrogen-bond acceptors (Lipinski definition) is 4. The molecule has 0 radical (unpaired) electrons. The van der Waals surface area contributed by atoms with E-state index in [1.165, 1.54) is 37.5 Å². The van der Waals surface area contributed by atoms with Crippen molar-refractivity contribution >= 4 is 11.3 Å². The third-order valence-corrected chi connectivity index (χ3v) is 5.04. The number of thiazole rings is 1. The molecule has 3 nitrogen and oxygen atoms in total. The molecule has 4 heteroatoms. The second kappa shape index (κ2) is 6.33. The lowest BCUT2D eigenvalue weighted by Crippen LogP contribution is -2.51. The van der Waals surface area contributed by atoms with Crippen molar-refractivity contribution in [3.63, 3.8) is 0 Å². The molecule has 1 fully saturated rings. The number of aryl methyl sites for hydroxylation is 1. The normalized spacial score (nSPS) is 20.1. The Morgan fingerprint density at radius 2 is 2.11 bits per heavy atom. The van der Waals surface area contributed by atoms with Crippen LogP contribution in [0.15, 0.2) is 5.38 Å². The third-order valence-electron chi connectivity index (χ3n) is 3.88. The van der Waals surface area contributed by atoms with Crippen LogP contribution in [0.3, 0.4) is 0 Å². The van der Waals surface area contributed by atoms with E-state index < -0.39 is 0 Å². The van der Waals surface area contributed by atoms with Gasteiger partial charge in [0.2, 0.25) is 0 Å². The van der Waals surface area contributed by atoms with E-state index in [2.05, 4.69) is 43.3 Å². The molecule has 1 aromatic rings. The van der Waals surface area contributed by atoms with Crippen molar-refractivity contribution < 1.29 is 0 Å². The number of hydrogen-bond donors (Lipinski definition) is 1. The van der Waals surface area contributed by atoms with E-state index in [0.29, 0.717) is 0 Å². The van der Waals surface area contributed by atoms with Gasteiger partial charge in [-0.15, -0.1) is 11.3 Å². The fourth-order valence-corrected chi connectivity index (χ4v) is 4.05. The smallest absolute Gasteiger partial charge is 0.113 e. The van der Waals surface area contributed by atoms with Gasteiger partial charge in [0.1, 0.15) is 5.01 Å². The van der Waals surface area contributed by atoms with Crippen molar-refractivity contribution in [1.82, 2.24) is 15.2 Å². The topological polar surface area (TPSA) is 28.2 Å². The number of piperidine rings is 1. The third kappa shape index (κ3) is 3.56. The number of likely N-dealkylation sites (tertiary alicyclic amines) is 1. The monoisotopic (exact) mass is 281 g/mol. The van der Waals surface area contributed by atoms with E-state index in [9.17, 15) is 0 Å². The summed E-state index contributed by atoms with van der Waals surface area (Å²) < 4.78 is 0. The van der Waals surface area contributed by atoms with Crippen molar-refractivity contribution in [3.8, 4) is 0 Å². The van der Waals surface area contributed by atoms with Crippen molar-refractivity contribution in [3.05, 3.63) is 16.1 Å². The summed E-state index contributed by atoms with van der Waals surface area (Å²) in [4.78, 5) is 7.35. The van der Waals surface area contributed by atoms with Crippen LogP contribution in [0.5, 0.6) is 0 Å². The van der Waals surface area contributed by atoms with Gasteiger partial charge in [-0.2, -0.15) is 0 Å². The Kier molecular flexibility index (Phi) is 4.98. The van der Waals surface area contributed by atoms with Gasteiger partial charge in [0.05, 0.1) is 5.54 Å². The maximum Gasteiger partial charge on any atom is 0.113 e. The lowest BCUT2D eigenvalue weighted by Gasteiger charge is -2.41. The Morgan fingerprint density at radius 1 is 1.42 bits per heavy atom. The van der Waals surface area contributed by atoms with Crippen LogP contribution in [0.25, 0.3) is 0 Å². The maximum absolute atomic E-state index is 4.75. The first-order valence-electron chi connectivity index (χ1n) is 7.46. The molecule has 19 heavy (non-hydrogen) atoms. The molecule has 0 aliphatic carbocycles. The zero-order valence-corrected chi connectivity index (χ0v) is 13.5. The Bertz CT molecular complexity index is 392. The second-order valence-electron chi connectivity index (χ2n) is 6.10. The molecule has 1 N–H and O–H groups in total. The van der Waals surface area contributed by atoms with E-state index in [1.807, 2.05) is 11.3 Å². The lowest BCUT2D eigenvalue weighted by molar-refractivity contribution is 0.124. The van der Waals surface area contributed by atoms with Crippen LogP contribution in [-0.4, -0.2) is 36.1 Å². The van der Waals surface area contributed by atoms with Gasteiger partial charge in [-0.3, -0.25) is 0 Å². The number of nitrogens with one attached hydrogen (secondary N) is 1. The predicted molar refractivity (Wildman–Crippen MR) is 82.7 cm³/mol. The van der Waals surface area contributed by atoms with Crippen LogP contribution in [0, 0.1) is 12.8 Å². The molecular weight excluding hydrogens is 254 g/mol. The van der Waals surface area contributed by atoms with Gasteiger partial charge in [-0.05, 0) is 32.2 Å². The highest BCUT2D eigenvalue weighted by molar-refractivity contribution is 7.09. The summed E-state index contributed by atoms with van der Waals surface area (Å²) in [5.41, 5.74) is 1.28. The summed E-state index contributed by atoms with van der Waals surface area (Å²) in [7, 11) is 0. The summed E-state index contributed by atoms with van der Waals surface area (Å²) in [6.07, 6.45) is 2.36. The largest absolute Gasteiger partial charge is 0.306 e. The summed E-state index contributed by atoms with van der Waals surface area (Å²) in [6, 6.07) is 0. The van der Waals surface area contributed by atoms with Crippen LogP contribution in [-0.2, 0) is 5.54 Å². The molecular formula is C15H27N3S. The molecule has 0 amide bonds. The van der Waals surface area contributed by atoms with Gasteiger partial charge < -0.3 is 10.2 Å². The summed E-state index contributed by atoms with van der Waals surface area (Å²) in [6.45, 7) is 13.5. The Hall–Kier alpha value is -0.450. The molecule has 0 spiro atoms. The van der Waals surface area contributed by atoms with E-state index in [0.717, 1.165) is 18.2 Å². The average molecular weight is 281 g/mol. The van der Waals surface area contributed by atoms with Crippen molar-refractivity contribution in [1.29, 1.82) is 0 Å². The standard InChI is InChI=1S/C15H27N3S/c1-5-16-15(14-17-13(4)11-19-14)6-8-18(9-7-15)10-12(2)3/h11-12,16H,5-10H2,1-4H3. The molecule has 2 rings (SSSR count). The number of aromatic nitrogens is 1.